The molecule has 0 aromatic heterocycles. The summed E-state index contributed by atoms with van der Waals surface area (Å²) < 4.78 is 38.6. The van der Waals surface area contributed by atoms with Crippen LogP contribution in [0.3, 0.4) is 0 Å². The van der Waals surface area contributed by atoms with Crippen molar-refractivity contribution < 1.29 is 18.0 Å². The third-order valence-electron chi connectivity index (χ3n) is 2.55. The summed E-state index contributed by atoms with van der Waals surface area (Å²) in [5.74, 6) is 0. The number of alkyl halides is 3. The van der Waals surface area contributed by atoms with Crippen LogP contribution in [0.5, 0.6) is 0 Å². The van der Waals surface area contributed by atoms with Crippen molar-refractivity contribution in [3.05, 3.63) is 77.4 Å². The smallest absolute Gasteiger partial charge is 0.299 e. The highest BCUT2D eigenvalue weighted by atomic mass is 19.4. The molecule has 4 heteroatoms. The molecule has 1 nitrogen and oxygen atoms in total. The van der Waals surface area contributed by atoms with Crippen molar-refractivity contribution in [1.29, 1.82) is 0 Å². The predicted molar refractivity (Wildman–Crippen MR) is 78.6 cm³/mol. The summed E-state index contributed by atoms with van der Waals surface area (Å²) in [6, 6.07) is 8.74. The SMILES string of the molecule is CC(/C=C/C=C(/C=C/c1ccccc1)C(F)(F)F)=C\C=O. The molecule has 1 rings (SSSR count). The molecule has 0 aliphatic carbocycles. The van der Waals surface area contributed by atoms with E-state index >= 15 is 0 Å². The van der Waals surface area contributed by atoms with Crippen molar-refractivity contribution in [2.45, 2.75) is 13.1 Å². The number of aldehydes is 1. The summed E-state index contributed by atoms with van der Waals surface area (Å²) in [4.78, 5) is 10.2. The number of carbonyl (C=O) groups is 1. The average molecular weight is 292 g/mol. The van der Waals surface area contributed by atoms with Gasteiger partial charge in [-0.25, -0.2) is 0 Å². The van der Waals surface area contributed by atoms with Crippen molar-refractivity contribution in [3.63, 3.8) is 0 Å². The number of rotatable bonds is 5. The van der Waals surface area contributed by atoms with E-state index in [9.17, 15) is 18.0 Å². The lowest BCUT2D eigenvalue weighted by Crippen LogP contribution is -2.09. The van der Waals surface area contributed by atoms with E-state index in [1.807, 2.05) is 0 Å². The topological polar surface area (TPSA) is 17.1 Å². The minimum Gasteiger partial charge on any atom is -0.299 e. The first-order valence-corrected chi connectivity index (χ1v) is 6.24. The molecule has 0 aliphatic rings. The Hall–Kier alpha value is -2.36. The summed E-state index contributed by atoms with van der Waals surface area (Å²) in [5, 5.41) is 0. The van der Waals surface area contributed by atoms with E-state index in [0.717, 1.165) is 12.2 Å². The summed E-state index contributed by atoms with van der Waals surface area (Å²) >= 11 is 0. The Morgan fingerprint density at radius 2 is 1.71 bits per heavy atom. The maximum absolute atomic E-state index is 12.9. The summed E-state index contributed by atoms with van der Waals surface area (Å²) in [5.41, 5.74) is 0.505. The van der Waals surface area contributed by atoms with Crippen LogP contribution in [0.4, 0.5) is 13.2 Å². The van der Waals surface area contributed by atoms with E-state index < -0.39 is 11.7 Å². The summed E-state index contributed by atoms with van der Waals surface area (Å²) in [6.45, 7) is 1.63. The number of hydrogen-bond acceptors (Lipinski definition) is 1. The zero-order chi connectivity index (χ0) is 15.7. The van der Waals surface area contributed by atoms with Gasteiger partial charge in [0.25, 0.3) is 0 Å². The fourth-order valence-corrected chi connectivity index (χ4v) is 1.46. The first-order valence-electron chi connectivity index (χ1n) is 6.24. The van der Waals surface area contributed by atoms with Crippen LogP contribution in [0.1, 0.15) is 12.5 Å². The highest BCUT2D eigenvalue weighted by Crippen LogP contribution is 2.27. The minimum atomic E-state index is -4.43. The van der Waals surface area contributed by atoms with Gasteiger partial charge in [-0.05, 0) is 30.2 Å². The van der Waals surface area contributed by atoms with Crippen LogP contribution in [0.25, 0.3) is 6.08 Å². The molecule has 0 bridgehead atoms. The number of halogens is 3. The van der Waals surface area contributed by atoms with Gasteiger partial charge >= 0.3 is 6.18 Å². The fraction of sp³-hybridized carbons (Fsp3) is 0.118. The van der Waals surface area contributed by atoms with Gasteiger partial charge in [0.15, 0.2) is 0 Å². The van der Waals surface area contributed by atoms with Gasteiger partial charge in [0.2, 0.25) is 0 Å². The van der Waals surface area contributed by atoms with E-state index in [1.54, 1.807) is 37.3 Å². The Morgan fingerprint density at radius 1 is 1.05 bits per heavy atom. The Balaban J connectivity index is 2.94. The van der Waals surface area contributed by atoms with Gasteiger partial charge in [0.1, 0.15) is 6.29 Å². The molecule has 0 saturated carbocycles. The lowest BCUT2D eigenvalue weighted by atomic mass is 10.1. The quantitative estimate of drug-likeness (QED) is 0.429. The molecule has 0 aliphatic heterocycles. The van der Waals surface area contributed by atoms with Crippen LogP contribution < -0.4 is 0 Å². The Bertz CT molecular complexity index is 576. The lowest BCUT2D eigenvalue weighted by Gasteiger charge is -2.06. The van der Waals surface area contributed by atoms with E-state index in [-0.39, 0.29) is 0 Å². The van der Waals surface area contributed by atoms with Crippen molar-refractivity contribution >= 4 is 12.4 Å². The first-order chi connectivity index (χ1) is 9.93. The molecule has 0 unspecified atom stereocenters. The maximum Gasteiger partial charge on any atom is 0.416 e. The Kier molecular flexibility index (Phi) is 6.40. The number of benzene rings is 1. The molecule has 0 heterocycles. The molecule has 21 heavy (non-hydrogen) atoms. The van der Waals surface area contributed by atoms with E-state index in [4.69, 9.17) is 0 Å². The van der Waals surface area contributed by atoms with Gasteiger partial charge < -0.3 is 0 Å². The van der Waals surface area contributed by atoms with Crippen molar-refractivity contribution in [2.24, 2.45) is 0 Å². The molecule has 0 fully saturated rings. The zero-order valence-corrected chi connectivity index (χ0v) is 11.5. The first kappa shape index (κ1) is 16.7. The molecular formula is C17H15F3O. The lowest BCUT2D eigenvalue weighted by molar-refractivity contribution is -0.104. The second kappa shape index (κ2) is 8.04. The largest absolute Gasteiger partial charge is 0.416 e. The van der Waals surface area contributed by atoms with Gasteiger partial charge in [0, 0.05) is 0 Å². The molecule has 0 spiro atoms. The third-order valence-corrected chi connectivity index (χ3v) is 2.55. The van der Waals surface area contributed by atoms with Crippen molar-refractivity contribution in [3.8, 4) is 0 Å². The third kappa shape index (κ3) is 6.56. The molecule has 0 atom stereocenters. The van der Waals surface area contributed by atoms with E-state index in [1.165, 1.54) is 24.3 Å². The van der Waals surface area contributed by atoms with Crippen molar-refractivity contribution in [2.75, 3.05) is 0 Å². The number of carbonyl (C=O) groups excluding carboxylic acids is 1. The summed E-state index contributed by atoms with van der Waals surface area (Å²) in [7, 11) is 0. The van der Waals surface area contributed by atoms with Gasteiger partial charge in [-0.3, -0.25) is 4.79 Å². The van der Waals surface area contributed by atoms with E-state index in [2.05, 4.69) is 0 Å². The predicted octanol–water partition coefficient (Wildman–Crippen LogP) is 4.89. The monoisotopic (exact) mass is 292 g/mol. The van der Waals surface area contributed by atoms with Gasteiger partial charge in [0.05, 0.1) is 5.57 Å². The average Bonchev–Trinajstić information content (AvgIpc) is 2.42. The second-order valence-electron chi connectivity index (χ2n) is 4.27. The standard InChI is InChI=1S/C17H15F3O/c1-14(12-13-21)6-5-9-16(17(18,19)20)11-10-15-7-3-2-4-8-15/h2-13H,1H3/b6-5+,11-10+,14-12+,16-9-. The highest BCUT2D eigenvalue weighted by molar-refractivity contribution is 5.67. The van der Waals surface area contributed by atoms with Crippen LogP contribution in [-0.2, 0) is 4.79 Å². The second-order valence-corrected chi connectivity index (χ2v) is 4.27. The molecule has 1 aromatic rings. The van der Waals surface area contributed by atoms with Gasteiger partial charge in [-0.1, -0.05) is 54.6 Å². The molecule has 0 saturated heterocycles. The molecule has 110 valence electrons. The number of hydrogen-bond donors (Lipinski definition) is 0. The normalized spacial score (nSPS) is 14.1. The molecule has 0 N–H and O–H groups in total. The zero-order valence-electron chi connectivity index (χ0n) is 11.5. The van der Waals surface area contributed by atoms with Crippen LogP contribution in [0.15, 0.2) is 71.9 Å². The minimum absolute atomic E-state index is 0.579. The van der Waals surface area contributed by atoms with Crippen LogP contribution >= 0.6 is 0 Å². The van der Waals surface area contributed by atoms with Crippen LogP contribution in [0.2, 0.25) is 0 Å². The van der Waals surface area contributed by atoms with E-state index in [0.29, 0.717) is 17.4 Å². The number of allylic oxidation sites excluding steroid dienone is 7. The summed E-state index contributed by atoms with van der Waals surface area (Å²) in [6.07, 6.45) is 3.55. The molecule has 0 radical (unpaired) electrons. The van der Waals surface area contributed by atoms with Crippen LogP contribution in [0, 0.1) is 0 Å². The molecule has 1 aromatic carbocycles. The van der Waals surface area contributed by atoms with Crippen LogP contribution in [-0.4, -0.2) is 12.5 Å². The molecule has 0 amide bonds. The highest BCUT2D eigenvalue weighted by Gasteiger charge is 2.31. The molecular weight excluding hydrogens is 277 g/mol. The van der Waals surface area contributed by atoms with Gasteiger partial charge in [-0.15, -0.1) is 0 Å². The Labute approximate surface area is 121 Å². The van der Waals surface area contributed by atoms with Gasteiger partial charge in [-0.2, -0.15) is 13.2 Å². The van der Waals surface area contributed by atoms with Crippen molar-refractivity contribution in [1.82, 2.24) is 0 Å². The maximum atomic E-state index is 12.9. The Morgan fingerprint density at radius 3 is 2.29 bits per heavy atom. The fourth-order valence-electron chi connectivity index (χ4n) is 1.46.